The minimum Gasteiger partial charge on any atom is -0.490 e. The van der Waals surface area contributed by atoms with Gasteiger partial charge in [-0.2, -0.15) is 0 Å². The van der Waals surface area contributed by atoms with Crippen molar-refractivity contribution in [2.45, 2.75) is 38.8 Å². The van der Waals surface area contributed by atoms with Gasteiger partial charge in [-0.15, -0.1) is 0 Å². The first kappa shape index (κ1) is 13.3. The van der Waals surface area contributed by atoms with E-state index in [0.717, 1.165) is 42.1 Å². The molecular weight excluding hydrogens is 250 g/mol. The van der Waals surface area contributed by atoms with E-state index in [1.165, 1.54) is 12.8 Å². The highest BCUT2D eigenvalue weighted by molar-refractivity contribution is 5.66. The van der Waals surface area contributed by atoms with Crippen molar-refractivity contribution in [2.24, 2.45) is 0 Å². The second-order valence-corrected chi connectivity index (χ2v) is 5.28. The average Bonchev–Trinajstić information content (AvgIpc) is 3.15. The van der Waals surface area contributed by atoms with Crippen molar-refractivity contribution in [3.8, 4) is 16.9 Å². The summed E-state index contributed by atoms with van der Waals surface area (Å²) in [5.74, 6) is 1.95. The molecule has 1 aliphatic rings. The van der Waals surface area contributed by atoms with E-state index >= 15 is 0 Å². The summed E-state index contributed by atoms with van der Waals surface area (Å²) in [5, 5.41) is 3.38. The van der Waals surface area contributed by atoms with Gasteiger partial charge in [0.25, 0.3) is 0 Å². The van der Waals surface area contributed by atoms with Crippen molar-refractivity contribution >= 4 is 0 Å². The Morgan fingerprint density at radius 3 is 3.00 bits per heavy atom. The highest BCUT2D eigenvalue weighted by atomic mass is 16.5. The molecule has 1 N–H and O–H groups in total. The molecule has 20 heavy (non-hydrogen) atoms. The van der Waals surface area contributed by atoms with Crippen LogP contribution in [0.5, 0.6) is 5.75 Å². The van der Waals surface area contributed by atoms with E-state index in [2.05, 4.69) is 24.4 Å². The van der Waals surface area contributed by atoms with Crippen molar-refractivity contribution in [1.82, 2.24) is 5.32 Å². The van der Waals surface area contributed by atoms with Gasteiger partial charge in [0.2, 0.25) is 0 Å². The highest BCUT2D eigenvalue weighted by Crippen LogP contribution is 2.31. The molecule has 106 valence electrons. The second kappa shape index (κ2) is 6.14. The van der Waals surface area contributed by atoms with E-state index in [1.54, 1.807) is 6.26 Å². The Morgan fingerprint density at radius 2 is 2.20 bits per heavy atom. The van der Waals surface area contributed by atoms with E-state index in [0.29, 0.717) is 6.10 Å². The topological polar surface area (TPSA) is 34.4 Å². The van der Waals surface area contributed by atoms with Crippen LogP contribution in [0.15, 0.2) is 41.0 Å². The predicted molar refractivity (Wildman–Crippen MR) is 79.8 cm³/mol. The summed E-state index contributed by atoms with van der Waals surface area (Å²) in [6.07, 6.45) is 5.68. The van der Waals surface area contributed by atoms with Crippen LogP contribution in [-0.4, -0.2) is 12.6 Å². The molecule has 0 saturated heterocycles. The molecule has 1 heterocycles. The Bertz CT molecular complexity index is 558. The molecule has 0 spiro atoms. The van der Waals surface area contributed by atoms with E-state index in [4.69, 9.17) is 9.15 Å². The lowest BCUT2D eigenvalue weighted by Gasteiger charge is -2.08. The number of nitrogens with one attached hydrogen (secondary N) is 1. The first-order valence-electron chi connectivity index (χ1n) is 7.41. The summed E-state index contributed by atoms with van der Waals surface area (Å²) in [5.41, 5.74) is 2.31. The van der Waals surface area contributed by atoms with Crippen LogP contribution in [-0.2, 0) is 6.54 Å². The molecule has 3 nitrogen and oxygen atoms in total. The fourth-order valence-corrected chi connectivity index (χ4v) is 2.23. The molecule has 0 radical (unpaired) electrons. The minimum absolute atomic E-state index is 0.431. The number of benzene rings is 1. The lowest BCUT2D eigenvalue weighted by Crippen LogP contribution is -2.13. The van der Waals surface area contributed by atoms with Crippen LogP contribution in [0.2, 0.25) is 0 Å². The quantitative estimate of drug-likeness (QED) is 0.773. The zero-order valence-electron chi connectivity index (χ0n) is 11.9. The second-order valence-electron chi connectivity index (χ2n) is 5.28. The Kier molecular flexibility index (Phi) is 4.07. The maximum atomic E-state index is 5.86. The van der Waals surface area contributed by atoms with E-state index in [9.17, 15) is 0 Å². The predicted octanol–water partition coefficient (Wildman–Crippen LogP) is 3.99. The molecule has 2 aromatic rings. The summed E-state index contributed by atoms with van der Waals surface area (Å²) in [6, 6.07) is 10.3. The lowest BCUT2D eigenvalue weighted by molar-refractivity contribution is 0.303. The Morgan fingerprint density at radius 1 is 1.30 bits per heavy atom. The molecule has 1 saturated carbocycles. The van der Waals surface area contributed by atoms with E-state index < -0.39 is 0 Å². The van der Waals surface area contributed by atoms with Crippen LogP contribution >= 0.6 is 0 Å². The van der Waals surface area contributed by atoms with Gasteiger partial charge in [-0.05, 0) is 49.6 Å². The third-order valence-corrected chi connectivity index (χ3v) is 3.43. The largest absolute Gasteiger partial charge is 0.490 e. The van der Waals surface area contributed by atoms with Gasteiger partial charge in [0, 0.05) is 5.56 Å². The zero-order chi connectivity index (χ0) is 13.8. The first-order valence-corrected chi connectivity index (χ1v) is 7.41. The summed E-state index contributed by atoms with van der Waals surface area (Å²) < 4.78 is 11.5. The fraction of sp³-hybridized carbons (Fsp3) is 0.412. The summed E-state index contributed by atoms with van der Waals surface area (Å²) >= 11 is 0. The third kappa shape index (κ3) is 3.23. The van der Waals surface area contributed by atoms with Crippen molar-refractivity contribution in [1.29, 1.82) is 0 Å². The Balaban J connectivity index is 1.75. The molecule has 3 heteroatoms. The van der Waals surface area contributed by atoms with E-state index in [-0.39, 0.29) is 0 Å². The normalized spacial score (nSPS) is 14.4. The SMILES string of the molecule is CCCNCc1occc1-c1cccc(OC2CC2)c1. The first-order chi connectivity index (χ1) is 9.86. The molecular formula is C17H21NO2. The van der Waals surface area contributed by atoms with Crippen molar-refractivity contribution in [3.63, 3.8) is 0 Å². The molecule has 1 fully saturated rings. The van der Waals surface area contributed by atoms with Gasteiger partial charge in [0.15, 0.2) is 0 Å². The number of rotatable bonds is 7. The van der Waals surface area contributed by atoms with Crippen molar-refractivity contribution in [2.75, 3.05) is 6.54 Å². The minimum atomic E-state index is 0.431. The number of ether oxygens (including phenoxy) is 1. The third-order valence-electron chi connectivity index (χ3n) is 3.43. The smallest absolute Gasteiger partial charge is 0.125 e. The van der Waals surface area contributed by atoms with E-state index in [1.807, 2.05) is 18.2 Å². The molecule has 0 unspecified atom stereocenters. The highest BCUT2D eigenvalue weighted by Gasteiger charge is 2.23. The molecule has 0 bridgehead atoms. The number of hydrogen-bond donors (Lipinski definition) is 1. The molecule has 3 rings (SSSR count). The maximum absolute atomic E-state index is 5.86. The van der Waals surface area contributed by atoms with Gasteiger partial charge >= 0.3 is 0 Å². The molecule has 1 aromatic heterocycles. The summed E-state index contributed by atoms with van der Waals surface area (Å²) in [4.78, 5) is 0. The van der Waals surface area contributed by atoms with Crippen molar-refractivity contribution < 1.29 is 9.15 Å². The monoisotopic (exact) mass is 271 g/mol. The molecule has 1 aromatic carbocycles. The van der Waals surface area contributed by atoms with Gasteiger partial charge in [0.1, 0.15) is 11.5 Å². The molecule has 0 atom stereocenters. The molecule has 0 aliphatic heterocycles. The van der Waals surface area contributed by atoms with Crippen LogP contribution in [0, 0.1) is 0 Å². The van der Waals surface area contributed by atoms with Crippen LogP contribution in [0.3, 0.4) is 0 Å². The van der Waals surface area contributed by atoms with Gasteiger partial charge in [-0.25, -0.2) is 0 Å². The van der Waals surface area contributed by atoms with Gasteiger partial charge in [-0.1, -0.05) is 19.1 Å². The molecule has 0 amide bonds. The van der Waals surface area contributed by atoms with Crippen LogP contribution in [0.1, 0.15) is 31.9 Å². The van der Waals surface area contributed by atoms with Gasteiger partial charge in [0.05, 0.1) is 18.9 Å². The standard InChI is InChI=1S/C17H21NO2/c1-2-9-18-12-17-16(8-10-19-17)13-4-3-5-15(11-13)20-14-6-7-14/h3-5,8,10-11,14,18H,2,6-7,9,12H2,1H3. The Hall–Kier alpha value is -1.74. The Labute approximate surface area is 119 Å². The lowest BCUT2D eigenvalue weighted by atomic mass is 10.1. The molecule has 1 aliphatic carbocycles. The maximum Gasteiger partial charge on any atom is 0.125 e. The average molecular weight is 271 g/mol. The fourth-order valence-electron chi connectivity index (χ4n) is 2.23. The van der Waals surface area contributed by atoms with Crippen LogP contribution in [0.4, 0.5) is 0 Å². The van der Waals surface area contributed by atoms with Crippen molar-refractivity contribution in [3.05, 3.63) is 42.4 Å². The van der Waals surface area contributed by atoms with Crippen LogP contribution < -0.4 is 10.1 Å². The van der Waals surface area contributed by atoms with Gasteiger partial charge in [-0.3, -0.25) is 0 Å². The van der Waals surface area contributed by atoms with Crippen LogP contribution in [0.25, 0.3) is 11.1 Å². The summed E-state index contributed by atoms with van der Waals surface area (Å²) in [7, 11) is 0. The summed E-state index contributed by atoms with van der Waals surface area (Å²) in [6.45, 7) is 3.93. The number of hydrogen-bond acceptors (Lipinski definition) is 3. The number of furan rings is 1. The zero-order valence-corrected chi connectivity index (χ0v) is 11.9. The van der Waals surface area contributed by atoms with Gasteiger partial charge < -0.3 is 14.5 Å².